The van der Waals surface area contributed by atoms with E-state index >= 15 is 0 Å². The van der Waals surface area contributed by atoms with E-state index < -0.39 is 0 Å². The first-order valence-corrected chi connectivity index (χ1v) is 9.44. The lowest BCUT2D eigenvalue weighted by Crippen LogP contribution is -2.48. The van der Waals surface area contributed by atoms with Crippen molar-refractivity contribution in [3.8, 4) is 0 Å². The normalized spacial score (nSPS) is 18.9. The van der Waals surface area contributed by atoms with Gasteiger partial charge in [0.2, 0.25) is 0 Å². The predicted octanol–water partition coefficient (Wildman–Crippen LogP) is 2.81. The Hall–Kier alpha value is -1.85. The molecule has 2 aromatic rings. The summed E-state index contributed by atoms with van der Waals surface area (Å²) in [5, 5.41) is 4.22. The molecule has 25 heavy (non-hydrogen) atoms. The highest BCUT2D eigenvalue weighted by molar-refractivity contribution is 5.46. The molecule has 134 valence electrons. The number of hydrogen-bond donors (Lipinski definition) is 0. The highest BCUT2D eigenvalue weighted by Gasteiger charge is 2.28. The van der Waals surface area contributed by atoms with Crippen molar-refractivity contribution in [2.75, 3.05) is 51.2 Å². The lowest BCUT2D eigenvalue weighted by atomic mass is 10.2. The number of hydrogen-bond acceptors (Lipinski definition) is 5. The summed E-state index contributed by atoms with van der Waals surface area (Å²) in [5.41, 5.74) is 2.41. The van der Waals surface area contributed by atoms with Gasteiger partial charge in [-0.05, 0) is 32.0 Å². The van der Waals surface area contributed by atoms with E-state index in [1.54, 1.807) is 0 Å². The average molecular weight is 340 g/mol. The largest absolute Gasteiger partial charge is 0.369 e. The van der Waals surface area contributed by atoms with Gasteiger partial charge >= 0.3 is 0 Å². The number of rotatable bonds is 7. The van der Waals surface area contributed by atoms with Crippen LogP contribution in [-0.2, 0) is 6.54 Å². The first-order chi connectivity index (χ1) is 12.3. The summed E-state index contributed by atoms with van der Waals surface area (Å²) in [6, 6.07) is 12.9. The molecule has 0 amide bonds. The molecule has 2 aliphatic rings. The van der Waals surface area contributed by atoms with E-state index in [1.807, 2.05) is 0 Å². The zero-order valence-electron chi connectivity index (χ0n) is 15.1. The summed E-state index contributed by atoms with van der Waals surface area (Å²) < 4.78 is 5.45. The summed E-state index contributed by atoms with van der Waals surface area (Å²) in [6.07, 6.45) is 2.53. The number of aromatic nitrogens is 1. The number of para-hydroxylation sites is 1. The van der Waals surface area contributed by atoms with Gasteiger partial charge in [-0.15, -0.1) is 0 Å². The van der Waals surface area contributed by atoms with Crippen LogP contribution in [0.3, 0.4) is 0 Å². The van der Waals surface area contributed by atoms with Crippen LogP contribution in [0.5, 0.6) is 0 Å². The Balaban J connectivity index is 1.18. The zero-order valence-corrected chi connectivity index (χ0v) is 15.1. The van der Waals surface area contributed by atoms with E-state index in [9.17, 15) is 0 Å². The molecule has 4 rings (SSSR count). The maximum atomic E-state index is 5.45. The van der Waals surface area contributed by atoms with Crippen LogP contribution in [0.2, 0.25) is 0 Å². The minimum atomic E-state index is 0.646. The molecule has 0 bridgehead atoms. The van der Waals surface area contributed by atoms with E-state index in [4.69, 9.17) is 4.52 Å². The molecule has 0 N–H and O–H groups in total. The van der Waals surface area contributed by atoms with Gasteiger partial charge in [-0.3, -0.25) is 9.80 Å². The molecule has 2 fully saturated rings. The maximum Gasteiger partial charge on any atom is 0.140 e. The average Bonchev–Trinajstić information content (AvgIpc) is 3.41. The lowest BCUT2D eigenvalue weighted by Gasteiger charge is -2.36. The van der Waals surface area contributed by atoms with Crippen LogP contribution in [0.15, 0.2) is 40.9 Å². The van der Waals surface area contributed by atoms with Gasteiger partial charge in [0, 0.05) is 63.5 Å². The van der Waals surface area contributed by atoms with Gasteiger partial charge in [0.15, 0.2) is 0 Å². The van der Waals surface area contributed by atoms with Crippen molar-refractivity contribution in [2.45, 2.75) is 25.3 Å². The molecule has 0 unspecified atom stereocenters. The van der Waals surface area contributed by atoms with Gasteiger partial charge < -0.3 is 9.42 Å². The molecule has 2 heterocycles. The van der Waals surface area contributed by atoms with Crippen LogP contribution in [0.4, 0.5) is 5.69 Å². The molecule has 0 spiro atoms. The Morgan fingerprint density at radius 1 is 1.12 bits per heavy atom. The van der Waals surface area contributed by atoms with Gasteiger partial charge in [-0.1, -0.05) is 23.4 Å². The Kier molecular flexibility index (Phi) is 5.04. The second kappa shape index (κ2) is 7.58. The summed E-state index contributed by atoms with van der Waals surface area (Å²) in [4.78, 5) is 7.39. The van der Waals surface area contributed by atoms with Crippen molar-refractivity contribution < 1.29 is 4.52 Å². The van der Waals surface area contributed by atoms with E-state index in [0.29, 0.717) is 5.92 Å². The molecule has 1 saturated carbocycles. The van der Waals surface area contributed by atoms with Crippen molar-refractivity contribution in [3.05, 3.63) is 47.9 Å². The third kappa shape index (κ3) is 4.41. The second-order valence-corrected chi connectivity index (χ2v) is 7.40. The minimum Gasteiger partial charge on any atom is -0.369 e. The number of piperazine rings is 1. The van der Waals surface area contributed by atoms with Crippen molar-refractivity contribution in [3.63, 3.8) is 0 Å². The predicted molar refractivity (Wildman–Crippen MR) is 99.9 cm³/mol. The van der Waals surface area contributed by atoms with E-state index in [1.165, 1.54) is 18.5 Å². The van der Waals surface area contributed by atoms with Crippen molar-refractivity contribution >= 4 is 5.69 Å². The highest BCUT2D eigenvalue weighted by atomic mass is 16.5. The van der Waals surface area contributed by atoms with Crippen molar-refractivity contribution in [2.24, 2.45) is 0 Å². The fourth-order valence-corrected chi connectivity index (χ4v) is 3.50. The SMILES string of the molecule is CN(CCN1CCN(c2ccccc2)CC1)Cc1cc(C2CC2)on1. The number of likely N-dealkylation sites (N-methyl/N-ethyl adjacent to an activating group) is 1. The van der Waals surface area contributed by atoms with Crippen LogP contribution in [0.25, 0.3) is 0 Å². The molecule has 0 radical (unpaired) electrons. The van der Waals surface area contributed by atoms with Crippen molar-refractivity contribution in [1.29, 1.82) is 0 Å². The van der Waals surface area contributed by atoms with Gasteiger partial charge in [0.05, 0.1) is 5.69 Å². The topological polar surface area (TPSA) is 35.8 Å². The standard InChI is InChI=1S/C20H28N4O/c1-22(16-18-15-20(25-21-18)17-7-8-17)9-10-23-11-13-24(14-12-23)19-5-3-2-4-6-19/h2-6,15,17H,7-14,16H2,1H3. The van der Waals surface area contributed by atoms with Crippen LogP contribution >= 0.6 is 0 Å². The second-order valence-electron chi connectivity index (χ2n) is 7.40. The number of anilines is 1. The van der Waals surface area contributed by atoms with Crippen molar-refractivity contribution in [1.82, 2.24) is 15.0 Å². The maximum absolute atomic E-state index is 5.45. The minimum absolute atomic E-state index is 0.646. The third-order valence-electron chi connectivity index (χ3n) is 5.28. The van der Waals surface area contributed by atoms with Crippen LogP contribution in [-0.4, -0.2) is 61.3 Å². The smallest absolute Gasteiger partial charge is 0.140 e. The van der Waals surface area contributed by atoms with Gasteiger partial charge in [-0.25, -0.2) is 0 Å². The Bertz CT molecular complexity index is 659. The highest BCUT2D eigenvalue weighted by Crippen LogP contribution is 2.40. The van der Waals surface area contributed by atoms with E-state index in [-0.39, 0.29) is 0 Å². The van der Waals surface area contributed by atoms with Gasteiger partial charge in [0.1, 0.15) is 5.76 Å². The molecule has 5 heteroatoms. The van der Waals surface area contributed by atoms with Gasteiger partial charge in [0.25, 0.3) is 0 Å². The summed E-state index contributed by atoms with van der Waals surface area (Å²) in [5.74, 6) is 1.73. The molecule has 1 aromatic heterocycles. The van der Waals surface area contributed by atoms with E-state index in [0.717, 1.165) is 57.3 Å². The lowest BCUT2D eigenvalue weighted by molar-refractivity contribution is 0.210. The first-order valence-electron chi connectivity index (χ1n) is 9.44. The fraction of sp³-hybridized carbons (Fsp3) is 0.550. The molecule has 1 aromatic carbocycles. The summed E-state index contributed by atoms with van der Waals surface area (Å²) in [6.45, 7) is 7.56. The Morgan fingerprint density at radius 3 is 2.60 bits per heavy atom. The quantitative estimate of drug-likeness (QED) is 0.774. The summed E-state index contributed by atoms with van der Waals surface area (Å²) >= 11 is 0. The van der Waals surface area contributed by atoms with Crippen LogP contribution < -0.4 is 4.90 Å². The van der Waals surface area contributed by atoms with Crippen LogP contribution in [0.1, 0.15) is 30.2 Å². The molecule has 5 nitrogen and oxygen atoms in total. The molecule has 1 aliphatic carbocycles. The number of benzene rings is 1. The fourth-order valence-electron chi connectivity index (χ4n) is 3.50. The molecule has 1 saturated heterocycles. The Morgan fingerprint density at radius 2 is 1.88 bits per heavy atom. The number of nitrogens with zero attached hydrogens (tertiary/aromatic N) is 4. The van der Waals surface area contributed by atoms with E-state index in [2.05, 4.69) is 63.3 Å². The zero-order chi connectivity index (χ0) is 17.1. The first kappa shape index (κ1) is 16.6. The molecule has 1 aliphatic heterocycles. The monoisotopic (exact) mass is 340 g/mol. The Labute approximate surface area is 150 Å². The molecular weight excluding hydrogens is 312 g/mol. The summed E-state index contributed by atoms with van der Waals surface area (Å²) in [7, 11) is 2.17. The molecule has 0 atom stereocenters. The molecular formula is C20H28N4O. The third-order valence-corrected chi connectivity index (χ3v) is 5.28. The van der Waals surface area contributed by atoms with Gasteiger partial charge in [-0.2, -0.15) is 0 Å². The van der Waals surface area contributed by atoms with Crippen LogP contribution in [0, 0.1) is 0 Å².